The van der Waals surface area contributed by atoms with Crippen LogP contribution in [0.15, 0.2) is 53.6 Å². The van der Waals surface area contributed by atoms with Gasteiger partial charge in [-0.05, 0) is 57.2 Å². The van der Waals surface area contributed by atoms with Gasteiger partial charge >= 0.3 is 5.97 Å². The largest absolute Gasteiger partial charge is 0.484 e. The molecule has 2 aromatic carbocycles. The van der Waals surface area contributed by atoms with Crippen LogP contribution in [0.25, 0.3) is 0 Å². The predicted octanol–water partition coefficient (Wildman–Crippen LogP) is 3.07. The Hall–Kier alpha value is -3.68. The van der Waals surface area contributed by atoms with Crippen molar-refractivity contribution in [2.45, 2.75) is 27.2 Å². The van der Waals surface area contributed by atoms with Gasteiger partial charge in [0.15, 0.2) is 6.61 Å². The lowest BCUT2D eigenvalue weighted by atomic mass is 10.2. The average molecular weight is 411 g/mol. The fraction of sp³-hybridized carbons (Fsp3) is 0.273. The molecule has 0 saturated heterocycles. The summed E-state index contributed by atoms with van der Waals surface area (Å²) < 4.78 is 10.3. The van der Waals surface area contributed by atoms with Crippen molar-refractivity contribution < 1.29 is 23.9 Å². The summed E-state index contributed by atoms with van der Waals surface area (Å²) in [6.07, 6.45) is -0.00126. The quantitative estimate of drug-likeness (QED) is 0.375. The Bertz CT molecular complexity index is 905. The number of carbonyl (C=O) groups excluding carboxylic acids is 3. The number of carbonyl (C=O) groups is 3. The molecule has 0 spiro atoms. The van der Waals surface area contributed by atoms with Gasteiger partial charge < -0.3 is 14.8 Å². The van der Waals surface area contributed by atoms with Crippen molar-refractivity contribution in [3.8, 4) is 5.75 Å². The normalized spacial score (nSPS) is 10.8. The van der Waals surface area contributed by atoms with Gasteiger partial charge in [0.1, 0.15) is 5.75 Å². The fourth-order valence-corrected chi connectivity index (χ4v) is 2.35. The Labute approximate surface area is 175 Å². The zero-order valence-corrected chi connectivity index (χ0v) is 17.2. The number of rotatable bonds is 9. The lowest BCUT2D eigenvalue weighted by Gasteiger charge is -2.07. The molecule has 8 heteroatoms. The van der Waals surface area contributed by atoms with Crippen molar-refractivity contribution in [3.05, 3.63) is 59.7 Å². The number of nitrogens with one attached hydrogen (secondary N) is 2. The van der Waals surface area contributed by atoms with Crippen LogP contribution in [0.3, 0.4) is 0 Å². The smallest absolute Gasteiger partial charge is 0.338 e. The predicted molar refractivity (Wildman–Crippen MR) is 114 cm³/mol. The summed E-state index contributed by atoms with van der Waals surface area (Å²) in [4.78, 5) is 35.5. The summed E-state index contributed by atoms with van der Waals surface area (Å²) in [5.41, 5.74) is 4.83. The molecule has 0 bridgehead atoms. The molecule has 2 amide bonds. The molecule has 0 aliphatic carbocycles. The maximum atomic E-state index is 12.1. The molecule has 2 rings (SSSR count). The van der Waals surface area contributed by atoms with Crippen molar-refractivity contribution in [1.82, 2.24) is 5.43 Å². The first-order chi connectivity index (χ1) is 14.4. The van der Waals surface area contributed by atoms with E-state index in [2.05, 4.69) is 15.8 Å². The Morgan fingerprint density at radius 1 is 0.967 bits per heavy atom. The molecular weight excluding hydrogens is 386 g/mol. The van der Waals surface area contributed by atoms with Crippen LogP contribution in [-0.2, 0) is 14.3 Å². The lowest BCUT2D eigenvalue weighted by Crippen LogP contribution is -2.26. The standard InChI is InChI=1S/C22H25N3O5/c1-4-29-22(28)17-7-9-18(10-8-17)23-20(26)13-16(3)24-25-21(27)14-30-19-11-5-15(2)6-12-19/h5-12H,4,13-14H2,1-3H3,(H,23,26)(H,25,27)/b24-16+. The van der Waals surface area contributed by atoms with Crippen molar-refractivity contribution >= 4 is 29.2 Å². The van der Waals surface area contributed by atoms with Crippen LogP contribution in [0.1, 0.15) is 36.2 Å². The number of ether oxygens (including phenoxy) is 2. The maximum absolute atomic E-state index is 12.1. The van der Waals surface area contributed by atoms with E-state index in [0.717, 1.165) is 5.56 Å². The summed E-state index contributed by atoms with van der Waals surface area (Å²) in [6.45, 7) is 5.44. The Morgan fingerprint density at radius 3 is 2.27 bits per heavy atom. The van der Waals surface area contributed by atoms with Crippen molar-refractivity contribution in [2.75, 3.05) is 18.5 Å². The van der Waals surface area contributed by atoms with Crippen molar-refractivity contribution in [1.29, 1.82) is 0 Å². The van der Waals surface area contributed by atoms with E-state index in [-0.39, 0.29) is 18.9 Å². The summed E-state index contributed by atoms with van der Waals surface area (Å²) in [5, 5.41) is 6.61. The number of hydrogen-bond donors (Lipinski definition) is 2. The third-order valence-corrected chi connectivity index (χ3v) is 3.86. The number of hydrazone groups is 1. The minimum absolute atomic E-state index is 0.00126. The van der Waals surface area contributed by atoms with Crippen molar-refractivity contribution in [2.24, 2.45) is 5.10 Å². The second-order valence-electron chi connectivity index (χ2n) is 6.51. The number of aryl methyl sites for hydroxylation is 1. The molecule has 2 aromatic rings. The van der Waals surface area contributed by atoms with Gasteiger partial charge in [-0.1, -0.05) is 17.7 Å². The Morgan fingerprint density at radius 2 is 1.63 bits per heavy atom. The fourth-order valence-electron chi connectivity index (χ4n) is 2.35. The van der Waals surface area contributed by atoms with E-state index in [1.54, 1.807) is 50.2 Å². The minimum Gasteiger partial charge on any atom is -0.484 e. The van der Waals surface area contributed by atoms with Gasteiger partial charge in [0.05, 0.1) is 18.6 Å². The van der Waals surface area contributed by atoms with Gasteiger partial charge in [-0.2, -0.15) is 5.10 Å². The van der Waals surface area contributed by atoms with Crippen molar-refractivity contribution in [3.63, 3.8) is 0 Å². The maximum Gasteiger partial charge on any atom is 0.338 e. The molecule has 0 aliphatic rings. The molecule has 0 saturated carbocycles. The first-order valence-corrected chi connectivity index (χ1v) is 9.46. The van der Waals surface area contributed by atoms with E-state index in [0.29, 0.717) is 29.3 Å². The Balaban J connectivity index is 1.76. The number of esters is 1. The summed E-state index contributed by atoms with van der Waals surface area (Å²) in [5.74, 6) is -0.555. The highest BCUT2D eigenvalue weighted by Crippen LogP contribution is 2.12. The third-order valence-electron chi connectivity index (χ3n) is 3.86. The van der Waals surface area contributed by atoms with Crippen LogP contribution >= 0.6 is 0 Å². The van der Waals surface area contributed by atoms with E-state index < -0.39 is 11.9 Å². The summed E-state index contributed by atoms with van der Waals surface area (Å²) >= 11 is 0. The van der Waals surface area contributed by atoms with Crippen LogP contribution in [0, 0.1) is 6.92 Å². The summed E-state index contributed by atoms with van der Waals surface area (Å²) in [7, 11) is 0. The monoisotopic (exact) mass is 411 g/mol. The van der Waals surface area contributed by atoms with Gasteiger partial charge in [0.2, 0.25) is 5.91 Å². The molecule has 0 aliphatic heterocycles. The van der Waals surface area contributed by atoms with Crippen LogP contribution in [0.4, 0.5) is 5.69 Å². The van der Waals surface area contributed by atoms with Gasteiger partial charge in [-0.3, -0.25) is 9.59 Å². The van der Waals surface area contributed by atoms with E-state index in [4.69, 9.17) is 9.47 Å². The number of benzene rings is 2. The first-order valence-electron chi connectivity index (χ1n) is 9.46. The molecular formula is C22H25N3O5. The number of anilines is 1. The van der Waals surface area contributed by atoms with Crippen LogP contribution in [0.2, 0.25) is 0 Å². The molecule has 2 N–H and O–H groups in total. The van der Waals surface area contributed by atoms with E-state index in [1.807, 2.05) is 19.1 Å². The zero-order valence-electron chi connectivity index (χ0n) is 17.2. The number of hydrogen-bond acceptors (Lipinski definition) is 6. The summed E-state index contributed by atoms with van der Waals surface area (Å²) in [6, 6.07) is 13.7. The molecule has 158 valence electrons. The first kappa shape index (κ1) is 22.6. The topological polar surface area (TPSA) is 106 Å². The molecule has 0 heterocycles. The average Bonchev–Trinajstić information content (AvgIpc) is 2.72. The molecule has 0 fully saturated rings. The molecule has 0 radical (unpaired) electrons. The molecule has 0 unspecified atom stereocenters. The second kappa shape index (κ2) is 11.4. The second-order valence-corrected chi connectivity index (χ2v) is 6.51. The third kappa shape index (κ3) is 7.75. The molecule has 0 atom stereocenters. The van der Waals surface area contributed by atoms with E-state index >= 15 is 0 Å². The molecule has 30 heavy (non-hydrogen) atoms. The van der Waals surface area contributed by atoms with E-state index in [9.17, 15) is 14.4 Å². The lowest BCUT2D eigenvalue weighted by molar-refractivity contribution is -0.123. The van der Waals surface area contributed by atoms with Gasteiger partial charge in [-0.15, -0.1) is 0 Å². The van der Waals surface area contributed by atoms with Crippen LogP contribution < -0.4 is 15.5 Å². The SMILES string of the molecule is CCOC(=O)c1ccc(NC(=O)C/C(C)=N/NC(=O)COc2ccc(C)cc2)cc1. The molecule has 8 nitrogen and oxygen atoms in total. The highest BCUT2D eigenvalue weighted by atomic mass is 16.5. The van der Waals surface area contributed by atoms with Crippen LogP contribution in [0.5, 0.6) is 5.75 Å². The van der Waals surface area contributed by atoms with Gasteiger partial charge in [0, 0.05) is 11.4 Å². The number of nitrogens with zero attached hydrogens (tertiary/aromatic N) is 1. The highest BCUT2D eigenvalue weighted by Gasteiger charge is 2.09. The minimum atomic E-state index is -0.426. The van der Waals surface area contributed by atoms with Crippen LogP contribution in [-0.4, -0.2) is 36.7 Å². The van der Waals surface area contributed by atoms with Gasteiger partial charge in [-0.25, -0.2) is 10.2 Å². The van der Waals surface area contributed by atoms with E-state index in [1.165, 1.54) is 0 Å². The number of amides is 2. The Kier molecular flexibility index (Phi) is 8.56. The zero-order chi connectivity index (χ0) is 21.9. The highest BCUT2D eigenvalue weighted by molar-refractivity contribution is 6.05. The van der Waals surface area contributed by atoms with Gasteiger partial charge in [0.25, 0.3) is 5.91 Å². The molecule has 0 aromatic heterocycles.